The second-order valence-electron chi connectivity index (χ2n) is 10.6. The third-order valence-corrected chi connectivity index (χ3v) is 6.79. The van der Waals surface area contributed by atoms with Crippen molar-refractivity contribution in [3.63, 3.8) is 0 Å². The lowest BCUT2D eigenvalue weighted by Gasteiger charge is -2.34. The number of alkyl carbamates (subject to hydrolysis) is 1. The van der Waals surface area contributed by atoms with Crippen molar-refractivity contribution in [2.75, 3.05) is 23.9 Å². The number of nitrogens with zero attached hydrogens (tertiary/aromatic N) is 1. The summed E-state index contributed by atoms with van der Waals surface area (Å²) in [6, 6.07) is 19.3. The molecule has 0 radical (unpaired) electrons. The largest absolute Gasteiger partial charge is 0.444 e. The number of carbonyl (C=O) groups is 3. The van der Waals surface area contributed by atoms with Crippen LogP contribution in [0.4, 0.5) is 10.5 Å². The van der Waals surface area contributed by atoms with Gasteiger partial charge in [-0.3, -0.25) is 9.59 Å². The number of nitrogens with one attached hydrogen (secondary N) is 2. The van der Waals surface area contributed by atoms with Gasteiger partial charge in [0.2, 0.25) is 5.91 Å². The van der Waals surface area contributed by atoms with E-state index in [1.165, 1.54) is 4.90 Å². The zero-order valence-electron chi connectivity index (χ0n) is 23.9. The predicted octanol–water partition coefficient (Wildman–Crippen LogP) is 6.49. The van der Waals surface area contributed by atoms with Gasteiger partial charge in [0, 0.05) is 12.2 Å². The van der Waals surface area contributed by atoms with Gasteiger partial charge in [0.05, 0.1) is 0 Å². The molecule has 0 aromatic heterocycles. The van der Waals surface area contributed by atoms with Gasteiger partial charge >= 0.3 is 6.09 Å². The first-order valence-electron chi connectivity index (χ1n) is 13.3. The highest BCUT2D eigenvalue weighted by Crippen LogP contribution is 2.27. The molecule has 0 aliphatic heterocycles. The number of carbonyl (C=O) groups excluding carboxylic acids is 3. The van der Waals surface area contributed by atoms with Crippen LogP contribution in [0, 0.1) is 6.92 Å². The summed E-state index contributed by atoms with van der Waals surface area (Å²) in [6.45, 7) is 11.2. The van der Waals surface area contributed by atoms with E-state index in [0.29, 0.717) is 23.4 Å². The maximum absolute atomic E-state index is 14.1. The molecule has 2 N–H and O–H groups in total. The van der Waals surface area contributed by atoms with Crippen molar-refractivity contribution >= 4 is 46.1 Å². The summed E-state index contributed by atoms with van der Waals surface area (Å²) in [5.74, 6) is -0.121. The fraction of sp³-hybridized carbons (Fsp3) is 0.344. The van der Waals surface area contributed by atoms with Crippen LogP contribution in [0.1, 0.15) is 44.4 Å². The fourth-order valence-electron chi connectivity index (χ4n) is 4.40. The second-order valence-corrected chi connectivity index (χ2v) is 11.6. The molecular weight excluding hydrogens is 522 g/mol. The topological polar surface area (TPSA) is 87.7 Å². The Labute approximate surface area is 241 Å². The van der Waals surface area contributed by atoms with E-state index in [4.69, 9.17) is 4.74 Å². The van der Waals surface area contributed by atoms with E-state index in [1.807, 2.05) is 79.9 Å². The van der Waals surface area contributed by atoms with Crippen LogP contribution in [0.25, 0.3) is 10.8 Å². The molecule has 0 spiro atoms. The Morgan fingerprint density at radius 3 is 2.40 bits per heavy atom. The average Bonchev–Trinajstić information content (AvgIpc) is 2.89. The molecule has 7 nitrogen and oxygen atoms in total. The first-order valence-corrected chi connectivity index (χ1v) is 14.7. The van der Waals surface area contributed by atoms with Crippen LogP contribution >= 0.6 is 11.8 Å². The van der Waals surface area contributed by atoms with Crippen LogP contribution in [0.15, 0.2) is 79.4 Å². The molecule has 0 aliphatic carbocycles. The van der Waals surface area contributed by atoms with Crippen LogP contribution in [-0.2, 0) is 14.3 Å². The van der Waals surface area contributed by atoms with Gasteiger partial charge in [-0.1, -0.05) is 66.2 Å². The van der Waals surface area contributed by atoms with Crippen molar-refractivity contribution < 1.29 is 19.1 Å². The average molecular weight is 562 g/mol. The van der Waals surface area contributed by atoms with Gasteiger partial charge in [0.15, 0.2) is 0 Å². The van der Waals surface area contributed by atoms with Crippen LogP contribution in [0.2, 0.25) is 0 Å². The minimum atomic E-state index is -0.964. The van der Waals surface area contributed by atoms with Crippen LogP contribution < -0.4 is 10.6 Å². The highest BCUT2D eigenvalue weighted by Gasteiger charge is 2.35. The van der Waals surface area contributed by atoms with Crippen LogP contribution in [0.3, 0.4) is 0 Å². The SMILES string of the molecule is C=CCN(C(=O)C(CCSC)NC(=O)OC(C)(C)C)C(C(=O)Nc1ccc2ccccc2c1)c1cccc(C)c1. The molecule has 2 unspecified atom stereocenters. The summed E-state index contributed by atoms with van der Waals surface area (Å²) in [4.78, 5) is 42.2. The Hall–Kier alpha value is -3.78. The van der Waals surface area contributed by atoms with Gasteiger partial charge in [-0.15, -0.1) is 6.58 Å². The summed E-state index contributed by atoms with van der Waals surface area (Å²) in [6.07, 6.45) is 3.21. The highest BCUT2D eigenvalue weighted by molar-refractivity contribution is 7.98. The van der Waals surface area contributed by atoms with Crippen LogP contribution in [-0.4, -0.2) is 53.0 Å². The van der Waals surface area contributed by atoms with Crippen molar-refractivity contribution in [3.05, 3.63) is 90.5 Å². The number of amides is 3. The van der Waals surface area contributed by atoms with Crippen molar-refractivity contribution in [3.8, 4) is 0 Å². The lowest BCUT2D eigenvalue weighted by atomic mass is 10.00. The molecule has 2 atom stereocenters. The van der Waals surface area contributed by atoms with Gasteiger partial charge in [-0.25, -0.2) is 4.79 Å². The molecule has 0 saturated carbocycles. The summed E-state index contributed by atoms with van der Waals surface area (Å²) in [7, 11) is 0. The molecule has 0 saturated heterocycles. The van der Waals surface area contributed by atoms with Crippen molar-refractivity contribution in [1.82, 2.24) is 10.2 Å². The van der Waals surface area contributed by atoms with Crippen molar-refractivity contribution in [1.29, 1.82) is 0 Å². The summed E-state index contributed by atoms with van der Waals surface area (Å²) in [5.41, 5.74) is 1.52. The number of anilines is 1. The third kappa shape index (κ3) is 8.61. The van der Waals surface area contributed by atoms with Crippen LogP contribution in [0.5, 0.6) is 0 Å². The van der Waals surface area contributed by atoms with Crippen molar-refractivity contribution in [2.24, 2.45) is 0 Å². The number of ether oxygens (including phenoxy) is 1. The molecule has 0 aliphatic rings. The normalized spacial score (nSPS) is 12.7. The van der Waals surface area contributed by atoms with E-state index >= 15 is 0 Å². The Bertz CT molecular complexity index is 1350. The molecule has 8 heteroatoms. The van der Waals surface area contributed by atoms with Gasteiger partial charge in [-0.2, -0.15) is 11.8 Å². The molecule has 0 bridgehead atoms. The van der Waals surface area contributed by atoms with Crippen molar-refractivity contribution in [2.45, 2.75) is 51.8 Å². The van der Waals surface area contributed by atoms with Gasteiger partial charge < -0.3 is 20.3 Å². The lowest BCUT2D eigenvalue weighted by Crippen LogP contribution is -2.52. The Balaban J connectivity index is 1.99. The number of aryl methyl sites for hydroxylation is 1. The predicted molar refractivity (Wildman–Crippen MR) is 165 cm³/mol. The summed E-state index contributed by atoms with van der Waals surface area (Å²) in [5, 5.41) is 7.81. The van der Waals surface area contributed by atoms with Gasteiger partial charge in [0.25, 0.3) is 5.91 Å². The molecule has 3 aromatic rings. The van der Waals surface area contributed by atoms with E-state index in [0.717, 1.165) is 16.3 Å². The van der Waals surface area contributed by atoms with E-state index in [-0.39, 0.29) is 18.4 Å². The molecule has 0 fully saturated rings. The Morgan fingerprint density at radius 1 is 1.02 bits per heavy atom. The summed E-state index contributed by atoms with van der Waals surface area (Å²) < 4.78 is 5.43. The van der Waals surface area contributed by atoms with E-state index in [2.05, 4.69) is 17.2 Å². The molecule has 212 valence electrons. The monoisotopic (exact) mass is 561 g/mol. The zero-order valence-corrected chi connectivity index (χ0v) is 24.7. The first kappa shape index (κ1) is 30.8. The summed E-state index contributed by atoms with van der Waals surface area (Å²) >= 11 is 1.57. The third-order valence-electron chi connectivity index (χ3n) is 6.14. The minimum absolute atomic E-state index is 0.106. The van der Waals surface area contributed by atoms with Gasteiger partial charge in [0.1, 0.15) is 17.7 Å². The molecule has 0 heterocycles. The minimum Gasteiger partial charge on any atom is -0.444 e. The molecule has 3 aromatic carbocycles. The number of rotatable bonds is 11. The molecular formula is C32H39N3O4S. The number of benzene rings is 3. The molecule has 40 heavy (non-hydrogen) atoms. The smallest absolute Gasteiger partial charge is 0.408 e. The molecule has 3 amide bonds. The lowest BCUT2D eigenvalue weighted by molar-refractivity contribution is -0.140. The Kier molecular flexibility index (Phi) is 10.8. The fourth-order valence-corrected chi connectivity index (χ4v) is 4.87. The van der Waals surface area contributed by atoms with E-state index < -0.39 is 23.8 Å². The van der Waals surface area contributed by atoms with Gasteiger partial charge in [-0.05, 0) is 74.6 Å². The highest BCUT2D eigenvalue weighted by atomic mass is 32.2. The number of thioether (sulfide) groups is 1. The number of hydrogen-bond acceptors (Lipinski definition) is 5. The first-order chi connectivity index (χ1) is 19.0. The second kappa shape index (κ2) is 14.0. The number of hydrogen-bond donors (Lipinski definition) is 2. The number of fused-ring (bicyclic) bond motifs is 1. The standard InChI is InChI=1S/C32H39N3O4S/c1-7-18-35(30(37)27(17-19-40-6)34-31(38)39-32(3,4)5)28(25-14-10-11-22(2)20-25)29(36)33-26-16-15-23-12-8-9-13-24(23)21-26/h7-16,20-21,27-28H,1,17-19H2,2-6H3,(H,33,36)(H,34,38). The quantitative estimate of drug-likeness (QED) is 0.261. The van der Waals surface area contributed by atoms with E-state index in [9.17, 15) is 14.4 Å². The maximum atomic E-state index is 14.1. The Morgan fingerprint density at radius 2 is 1.75 bits per heavy atom. The molecule has 3 rings (SSSR count). The maximum Gasteiger partial charge on any atom is 0.408 e. The van der Waals surface area contributed by atoms with E-state index in [1.54, 1.807) is 38.6 Å². The zero-order chi connectivity index (χ0) is 29.3.